The van der Waals surface area contributed by atoms with Crippen LogP contribution in [0.3, 0.4) is 0 Å². The first-order chi connectivity index (χ1) is 19.0. The van der Waals surface area contributed by atoms with Crippen LogP contribution < -0.4 is 15.5 Å². The zero-order valence-electron chi connectivity index (χ0n) is 20.5. The maximum Gasteiger partial charge on any atom is 0.247 e. The van der Waals surface area contributed by atoms with E-state index in [0.717, 1.165) is 18.5 Å². The SMILES string of the molecule is O=C(Nc1ccc(F)nc1)[C@@H]1C[C@H](n2cc(Cl)cn2)CN1c1nc(Nc2cc(C3CC3)[nH]n2)n2cccc2n1. The van der Waals surface area contributed by atoms with Crippen molar-refractivity contribution < 1.29 is 9.18 Å². The number of fused-ring (bicyclic) bond motifs is 1. The van der Waals surface area contributed by atoms with Crippen LogP contribution >= 0.6 is 11.6 Å². The quantitative estimate of drug-likeness (QED) is 0.261. The van der Waals surface area contributed by atoms with Crippen LogP contribution in [0.2, 0.25) is 5.02 Å². The Labute approximate surface area is 226 Å². The molecule has 5 aromatic rings. The van der Waals surface area contributed by atoms with E-state index in [4.69, 9.17) is 21.6 Å². The van der Waals surface area contributed by atoms with E-state index in [0.29, 0.717) is 53.0 Å². The van der Waals surface area contributed by atoms with Crippen LogP contribution in [-0.4, -0.2) is 57.8 Å². The lowest BCUT2D eigenvalue weighted by Crippen LogP contribution is -2.40. The monoisotopic (exact) mass is 547 g/mol. The van der Waals surface area contributed by atoms with Crippen molar-refractivity contribution in [3.8, 4) is 0 Å². The van der Waals surface area contributed by atoms with E-state index in [1.165, 1.54) is 18.3 Å². The Kier molecular flexibility index (Phi) is 5.65. The number of aromatic nitrogens is 8. The first-order valence-electron chi connectivity index (χ1n) is 12.6. The predicted octanol–water partition coefficient (Wildman–Crippen LogP) is 3.92. The summed E-state index contributed by atoms with van der Waals surface area (Å²) in [4.78, 5) is 28.6. The van der Waals surface area contributed by atoms with Gasteiger partial charge in [0.1, 0.15) is 11.7 Å². The van der Waals surface area contributed by atoms with Gasteiger partial charge in [-0.25, -0.2) is 4.98 Å². The molecule has 0 unspecified atom stereocenters. The molecule has 1 aliphatic carbocycles. The second-order valence-corrected chi connectivity index (χ2v) is 10.2. The van der Waals surface area contributed by atoms with Gasteiger partial charge in [0.15, 0.2) is 5.82 Å². The molecule has 39 heavy (non-hydrogen) atoms. The Hall–Kier alpha value is -4.52. The van der Waals surface area contributed by atoms with E-state index in [2.05, 4.69) is 30.9 Å². The molecule has 1 saturated carbocycles. The molecule has 12 nitrogen and oxygen atoms in total. The molecule has 1 saturated heterocycles. The fourth-order valence-corrected chi connectivity index (χ4v) is 5.06. The predicted molar refractivity (Wildman–Crippen MR) is 142 cm³/mol. The van der Waals surface area contributed by atoms with Gasteiger partial charge in [-0.05, 0) is 37.1 Å². The Morgan fingerprint density at radius 1 is 1.18 bits per heavy atom. The molecule has 14 heteroatoms. The van der Waals surface area contributed by atoms with Crippen LogP contribution in [0, 0.1) is 5.95 Å². The van der Waals surface area contributed by atoms with Crippen LogP contribution in [-0.2, 0) is 4.79 Å². The normalized spacial score (nSPS) is 19.1. The highest BCUT2D eigenvalue weighted by atomic mass is 35.5. The average Bonchev–Trinajstić information content (AvgIpc) is 3.33. The summed E-state index contributed by atoms with van der Waals surface area (Å²) in [5, 5.41) is 18.5. The van der Waals surface area contributed by atoms with Crippen LogP contribution in [0.15, 0.2) is 55.1 Å². The molecule has 198 valence electrons. The number of amides is 1. The minimum atomic E-state index is -0.639. The topological polar surface area (TPSA) is 134 Å². The van der Waals surface area contributed by atoms with E-state index < -0.39 is 12.0 Å². The molecular formula is C25H23ClFN11O. The molecule has 6 heterocycles. The molecule has 2 atom stereocenters. The summed E-state index contributed by atoms with van der Waals surface area (Å²) >= 11 is 6.13. The molecular weight excluding hydrogens is 525 g/mol. The first-order valence-corrected chi connectivity index (χ1v) is 12.9. The molecule has 0 bridgehead atoms. The first kappa shape index (κ1) is 23.6. The standard InChI is InChI=1S/C25H23ClFN11O/c26-15-10-29-38(12-15)17-8-19(23(39)30-16-5-6-20(27)28-11-16)37(13-17)25-32-22-2-1-7-36(22)24(33-25)31-21-9-18(34-35-21)14-3-4-14/h1-2,5-7,9-12,14,17,19H,3-4,8,13H2,(H,30,39)(H2,31,32,33,34,35)/t17-,19-/m0/s1. The van der Waals surface area contributed by atoms with Crippen LogP contribution in [0.1, 0.15) is 36.9 Å². The Morgan fingerprint density at radius 3 is 2.85 bits per heavy atom. The molecule has 1 amide bonds. The Morgan fingerprint density at radius 2 is 2.08 bits per heavy atom. The molecule has 2 aliphatic rings. The lowest BCUT2D eigenvalue weighted by Gasteiger charge is -2.24. The second-order valence-electron chi connectivity index (χ2n) is 9.75. The number of H-pyrrole nitrogens is 1. The van der Waals surface area contributed by atoms with Gasteiger partial charge in [0.25, 0.3) is 0 Å². The maximum absolute atomic E-state index is 13.5. The summed E-state index contributed by atoms with van der Waals surface area (Å²) in [6.07, 6.45) is 9.19. The lowest BCUT2D eigenvalue weighted by molar-refractivity contribution is -0.117. The van der Waals surface area contributed by atoms with E-state index >= 15 is 0 Å². The molecule has 0 spiro atoms. The van der Waals surface area contributed by atoms with Crippen molar-refractivity contribution in [1.82, 2.24) is 39.3 Å². The maximum atomic E-state index is 13.5. The molecule has 7 rings (SSSR count). The van der Waals surface area contributed by atoms with Crippen molar-refractivity contribution in [2.75, 3.05) is 22.1 Å². The third-order valence-electron chi connectivity index (χ3n) is 7.01. The van der Waals surface area contributed by atoms with Gasteiger partial charge in [0.2, 0.25) is 23.8 Å². The van der Waals surface area contributed by atoms with Gasteiger partial charge in [0, 0.05) is 43.0 Å². The number of pyridine rings is 1. The number of rotatable bonds is 7. The molecule has 3 N–H and O–H groups in total. The Bertz CT molecular complexity index is 1660. The largest absolute Gasteiger partial charge is 0.326 e. The number of hydrogen-bond acceptors (Lipinski definition) is 8. The summed E-state index contributed by atoms with van der Waals surface area (Å²) in [5.41, 5.74) is 2.15. The van der Waals surface area contributed by atoms with Crippen molar-refractivity contribution in [3.63, 3.8) is 0 Å². The molecule has 5 aromatic heterocycles. The molecule has 2 fully saturated rings. The van der Waals surface area contributed by atoms with E-state index in [1.54, 1.807) is 17.1 Å². The fraction of sp³-hybridized carbons (Fsp3) is 0.280. The number of carbonyl (C=O) groups excluding carboxylic acids is 1. The van der Waals surface area contributed by atoms with Crippen molar-refractivity contribution in [2.24, 2.45) is 0 Å². The zero-order chi connectivity index (χ0) is 26.5. The van der Waals surface area contributed by atoms with Crippen LogP contribution in [0.25, 0.3) is 5.65 Å². The number of aromatic amines is 1. The molecule has 0 radical (unpaired) electrons. The minimum Gasteiger partial charge on any atom is -0.326 e. The van der Waals surface area contributed by atoms with Crippen LogP contribution in [0.4, 0.5) is 27.8 Å². The minimum absolute atomic E-state index is 0.157. The smallest absolute Gasteiger partial charge is 0.247 e. The summed E-state index contributed by atoms with van der Waals surface area (Å²) in [6, 6.07) is 7.61. The highest BCUT2D eigenvalue weighted by molar-refractivity contribution is 6.30. The highest BCUT2D eigenvalue weighted by Gasteiger charge is 2.40. The van der Waals surface area contributed by atoms with Gasteiger partial charge in [-0.3, -0.25) is 19.0 Å². The van der Waals surface area contributed by atoms with Crippen molar-refractivity contribution in [3.05, 3.63) is 71.8 Å². The van der Waals surface area contributed by atoms with Gasteiger partial charge in [-0.15, -0.1) is 0 Å². The number of hydrogen-bond donors (Lipinski definition) is 3. The summed E-state index contributed by atoms with van der Waals surface area (Å²) in [7, 11) is 0. The average molecular weight is 548 g/mol. The number of anilines is 4. The fourth-order valence-electron chi connectivity index (χ4n) is 4.92. The number of nitrogens with zero attached hydrogens (tertiary/aromatic N) is 8. The van der Waals surface area contributed by atoms with Gasteiger partial charge in [-0.1, -0.05) is 11.6 Å². The second kappa shape index (κ2) is 9.34. The Balaban J connectivity index is 1.23. The van der Waals surface area contributed by atoms with Gasteiger partial charge in [0.05, 0.1) is 29.1 Å². The van der Waals surface area contributed by atoms with E-state index in [1.807, 2.05) is 33.7 Å². The lowest BCUT2D eigenvalue weighted by atomic mass is 10.1. The highest BCUT2D eigenvalue weighted by Crippen LogP contribution is 2.40. The van der Waals surface area contributed by atoms with Gasteiger partial charge < -0.3 is 15.5 Å². The van der Waals surface area contributed by atoms with Crippen molar-refractivity contribution >= 4 is 46.6 Å². The van der Waals surface area contributed by atoms with E-state index in [-0.39, 0.29) is 11.9 Å². The summed E-state index contributed by atoms with van der Waals surface area (Å²) < 4.78 is 16.9. The summed E-state index contributed by atoms with van der Waals surface area (Å²) in [6.45, 7) is 0.419. The third-order valence-corrected chi connectivity index (χ3v) is 7.20. The van der Waals surface area contributed by atoms with Gasteiger partial charge in [-0.2, -0.15) is 24.6 Å². The zero-order valence-corrected chi connectivity index (χ0v) is 21.3. The van der Waals surface area contributed by atoms with Crippen LogP contribution in [0.5, 0.6) is 0 Å². The molecule has 1 aliphatic heterocycles. The number of halogens is 2. The number of carbonyl (C=O) groups is 1. The third kappa shape index (κ3) is 4.65. The van der Waals surface area contributed by atoms with Crippen molar-refractivity contribution in [1.29, 1.82) is 0 Å². The number of nitrogens with one attached hydrogen (secondary N) is 3. The van der Waals surface area contributed by atoms with Crippen molar-refractivity contribution in [2.45, 2.75) is 37.3 Å². The van der Waals surface area contributed by atoms with E-state index in [9.17, 15) is 9.18 Å². The summed E-state index contributed by atoms with van der Waals surface area (Å²) in [5.74, 6) is 1.16. The van der Waals surface area contributed by atoms with Gasteiger partial charge >= 0.3 is 0 Å². The molecule has 0 aromatic carbocycles.